The van der Waals surface area contributed by atoms with Crippen molar-refractivity contribution in [2.24, 2.45) is 11.7 Å². The van der Waals surface area contributed by atoms with Gasteiger partial charge in [0.2, 0.25) is 5.91 Å². The topological polar surface area (TPSA) is 75.4 Å². The van der Waals surface area contributed by atoms with E-state index in [0.29, 0.717) is 11.3 Å². The maximum Gasteiger partial charge on any atom is 0.253 e. The molecule has 1 saturated heterocycles. The molecule has 5 nitrogen and oxygen atoms in total. The summed E-state index contributed by atoms with van der Waals surface area (Å²) in [5, 5.41) is 2.90. The SMILES string of the molecule is CC(C(=O)Nc1cccc(C(=O)N2CCSCC2)c1)C(N)c1ccccc1.Cl. The zero-order valence-electron chi connectivity index (χ0n) is 15.8. The molecule has 7 heteroatoms. The Labute approximate surface area is 176 Å². The Morgan fingerprint density at radius 2 is 1.75 bits per heavy atom. The van der Waals surface area contributed by atoms with Crippen LogP contribution in [0.25, 0.3) is 0 Å². The summed E-state index contributed by atoms with van der Waals surface area (Å²) >= 11 is 1.86. The number of nitrogens with zero attached hydrogens (tertiary/aromatic N) is 1. The van der Waals surface area contributed by atoms with Crippen molar-refractivity contribution in [3.05, 3.63) is 65.7 Å². The number of nitrogens with one attached hydrogen (secondary N) is 1. The molecule has 0 aliphatic carbocycles. The second-order valence-corrected chi connectivity index (χ2v) is 7.92. The van der Waals surface area contributed by atoms with E-state index in [9.17, 15) is 9.59 Å². The maximum absolute atomic E-state index is 12.6. The van der Waals surface area contributed by atoms with Crippen LogP contribution in [-0.4, -0.2) is 41.3 Å². The van der Waals surface area contributed by atoms with Gasteiger partial charge in [-0.15, -0.1) is 12.4 Å². The molecule has 2 aromatic carbocycles. The average molecular weight is 420 g/mol. The number of thioether (sulfide) groups is 1. The number of hydrogen-bond donors (Lipinski definition) is 2. The minimum Gasteiger partial charge on any atom is -0.337 e. The van der Waals surface area contributed by atoms with E-state index < -0.39 is 5.92 Å². The minimum atomic E-state index is -0.397. The van der Waals surface area contributed by atoms with E-state index in [2.05, 4.69) is 5.32 Å². The molecule has 150 valence electrons. The van der Waals surface area contributed by atoms with Crippen LogP contribution >= 0.6 is 24.2 Å². The van der Waals surface area contributed by atoms with Crippen LogP contribution in [0.15, 0.2) is 54.6 Å². The van der Waals surface area contributed by atoms with Gasteiger partial charge < -0.3 is 16.0 Å². The maximum atomic E-state index is 12.6. The molecule has 3 N–H and O–H groups in total. The lowest BCUT2D eigenvalue weighted by Crippen LogP contribution is -2.37. The lowest BCUT2D eigenvalue weighted by molar-refractivity contribution is -0.120. The molecule has 1 heterocycles. The van der Waals surface area contributed by atoms with Gasteiger partial charge in [-0.1, -0.05) is 43.3 Å². The third kappa shape index (κ3) is 5.50. The Morgan fingerprint density at radius 3 is 2.43 bits per heavy atom. The highest BCUT2D eigenvalue weighted by molar-refractivity contribution is 7.99. The lowest BCUT2D eigenvalue weighted by Gasteiger charge is -2.26. The first-order chi connectivity index (χ1) is 13.1. The van der Waals surface area contributed by atoms with Crippen molar-refractivity contribution in [3.8, 4) is 0 Å². The summed E-state index contributed by atoms with van der Waals surface area (Å²) in [4.78, 5) is 27.1. The van der Waals surface area contributed by atoms with Gasteiger partial charge in [0.25, 0.3) is 5.91 Å². The number of anilines is 1. The van der Waals surface area contributed by atoms with E-state index in [1.807, 2.05) is 53.9 Å². The van der Waals surface area contributed by atoms with Crippen molar-refractivity contribution >= 4 is 41.7 Å². The highest BCUT2D eigenvalue weighted by atomic mass is 35.5. The van der Waals surface area contributed by atoms with Crippen LogP contribution in [0.1, 0.15) is 28.9 Å². The van der Waals surface area contributed by atoms with Crippen LogP contribution in [0, 0.1) is 5.92 Å². The number of carbonyl (C=O) groups excluding carboxylic acids is 2. The van der Waals surface area contributed by atoms with Gasteiger partial charge in [0.15, 0.2) is 0 Å². The molecule has 1 fully saturated rings. The smallest absolute Gasteiger partial charge is 0.253 e. The minimum absolute atomic E-state index is 0. The van der Waals surface area contributed by atoms with Gasteiger partial charge in [-0.2, -0.15) is 11.8 Å². The van der Waals surface area contributed by atoms with Crippen LogP contribution < -0.4 is 11.1 Å². The molecular weight excluding hydrogens is 394 g/mol. The quantitative estimate of drug-likeness (QED) is 0.776. The predicted molar refractivity (Wildman–Crippen MR) is 118 cm³/mol. The first-order valence-electron chi connectivity index (χ1n) is 9.15. The van der Waals surface area contributed by atoms with Gasteiger partial charge in [-0.3, -0.25) is 9.59 Å². The molecule has 1 aliphatic heterocycles. The molecule has 0 saturated carbocycles. The monoisotopic (exact) mass is 419 g/mol. The largest absolute Gasteiger partial charge is 0.337 e. The molecule has 2 atom stereocenters. The van der Waals surface area contributed by atoms with Crippen LogP contribution in [0.4, 0.5) is 5.69 Å². The molecule has 0 aromatic heterocycles. The van der Waals surface area contributed by atoms with Crippen molar-refractivity contribution < 1.29 is 9.59 Å². The predicted octanol–water partition coefficient (Wildman–Crippen LogP) is 3.57. The fourth-order valence-electron chi connectivity index (χ4n) is 3.06. The number of nitrogens with two attached hydrogens (primary N) is 1. The summed E-state index contributed by atoms with van der Waals surface area (Å²) in [5.41, 5.74) is 8.38. The Hall–Kier alpha value is -2.02. The number of halogens is 1. The molecule has 2 aromatic rings. The fraction of sp³-hybridized carbons (Fsp3) is 0.333. The molecule has 0 radical (unpaired) electrons. The van der Waals surface area contributed by atoms with Crippen molar-refractivity contribution in [1.29, 1.82) is 0 Å². The van der Waals surface area contributed by atoms with Gasteiger partial charge in [-0.05, 0) is 23.8 Å². The molecule has 1 aliphatic rings. The van der Waals surface area contributed by atoms with Crippen LogP contribution in [0.5, 0.6) is 0 Å². The Kier molecular flexibility index (Phi) is 8.35. The average Bonchev–Trinajstić information content (AvgIpc) is 2.73. The summed E-state index contributed by atoms with van der Waals surface area (Å²) in [7, 11) is 0. The highest BCUT2D eigenvalue weighted by Gasteiger charge is 2.23. The number of amides is 2. The van der Waals surface area contributed by atoms with E-state index in [-0.39, 0.29) is 30.3 Å². The third-order valence-electron chi connectivity index (χ3n) is 4.81. The molecule has 0 bridgehead atoms. The number of carbonyl (C=O) groups is 2. The summed E-state index contributed by atoms with van der Waals surface area (Å²) in [6, 6.07) is 16.3. The molecule has 0 spiro atoms. The highest BCUT2D eigenvalue weighted by Crippen LogP contribution is 2.22. The van der Waals surface area contributed by atoms with Gasteiger partial charge in [-0.25, -0.2) is 0 Å². The first kappa shape index (κ1) is 22.3. The number of hydrogen-bond acceptors (Lipinski definition) is 4. The van der Waals surface area contributed by atoms with E-state index in [1.165, 1.54) is 0 Å². The molecule has 28 heavy (non-hydrogen) atoms. The standard InChI is InChI=1S/C21H25N3O2S.ClH/c1-15(19(22)16-6-3-2-4-7-16)20(25)23-18-9-5-8-17(14-18)21(26)24-10-12-27-13-11-24;/h2-9,14-15,19H,10-13,22H2,1H3,(H,23,25);1H. The van der Waals surface area contributed by atoms with E-state index >= 15 is 0 Å². The lowest BCUT2D eigenvalue weighted by atomic mass is 9.94. The van der Waals surface area contributed by atoms with Crippen LogP contribution in [0.3, 0.4) is 0 Å². The van der Waals surface area contributed by atoms with Gasteiger partial charge in [0.05, 0.1) is 5.92 Å². The summed E-state index contributed by atoms with van der Waals surface area (Å²) in [6.07, 6.45) is 0. The Morgan fingerprint density at radius 1 is 1.07 bits per heavy atom. The van der Waals surface area contributed by atoms with Gasteiger partial charge >= 0.3 is 0 Å². The van der Waals surface area contributed by atoms with Crippen LogP contribution in [0.2, 0.25) is 0 Å². The second kappa shape index (κ2) is 10.5. The Balaban J connectivity index is 0.00000280. The number of rotatable bonds is 5. The number of benzene rings is 2. The third-order valence-corrected chi connectivity index (χ3v) is 5.75. The van der Waals surface area contributed by atoms with Crippen molar-refractivity contribution in [2.45, 2.75) is 13.0 Å². The second-order valence-electron chi connectivity index (χ2n) is 6.70. The van der Waals surface area contributed by atoms with Crippen molar-refractivity contribution in [1.82, 2.24) is 4.90 Å². The van der Waals surface area contributed by atoms with Crippen molar-refractivity contribution in [2.75, 3.05) is 29.9 Å². The zero-order valence-corrected chi connectivity index (χ0v) is 17.5. The van der Waals surface area contributed by atoms with E-state index in [1.54, 1.807) is 24.3 Å². The zero-order chi connectivity index (χ0) is 19.2. The summed E-state index contributed by atoms with van der Waals surface area (Å²) in [5.74, 6) is 1.39. The van der Waals surface area contributed by atoms with Gasteiger partial charge in [0.1, 0.15) is 0 Å². The van der Waals surface area contributed by atoms with Crippen molar-refractivity contribution in [3.63, 3.8) is 0 Å². The Bertz CT molecular complexity index is 797. The molecule has 2 amide bonds. The molecule has 3 rings (SSSR count). The van der Waals surface area contributed by atoms with E-state index in [4.69, 9.17) is 5.73 Å². The molecule has 2 unspecified atom stereocenters. The van der Waals surface area contributed by atoms with Gasteiger partial charge in [0, 0.05) is 41.9 Å². The fourth-order valence-corrected chi connectivity index (χ4v) is 3.97. The first-order valence-corrected chi connectivity index (χ1v) is 10.3. The summed E-state index contributed by atoms with van der Waals surface area (Å²) in [6.45, 7) is 3.35. The summed E-state index contributed by atoms with van der Waals surface area (Å²) < 4.78 is 0. The van der Waals surface area contributed by atoms with E-state index in [0.717, 1.165) is 30.2 Å². The normalized spacial score (nSPS) is 15.9. The van der Waals surface area contributed by atoms with Crippen LogP contribution in [-0.2, 0) is 4.79 Å². The molecular formula is C21H26ClN3O2S.